The first-order valence-corrected chi connectivity index (χ1v) is 6.54. The first-order valence-electron chi connectivity index (χ1n) is 6.54. The molecule has 6 heteroatoms. The number of ether oxygens (including phenoxy) is 1. The zero-order valence-electron chi connectivity index (χ0n) is 11.6. The van der Waals surface area contributed by atoms with Gasteiger partial charge in [0.05, 0.1) is 13.1 Å². The maximum atomic E-state index is 11.9. The van der Waals surface area contributed by atoms with Gasteiger partial charge in [0.2, 0.25) is 0 Å². The lowest BCUT2D eigenvalue weighted by atomic mass is 9.71. The number of nitrogens with one attached hydrogen (secondary N) is 1. The zero-order chi connectivity index (χ0) is 14.7. The lowest BCUT2D eigenvalue weighted by Crippen LogP contribution is -2.38. The molecule has 112 valence electrons. The predicted molar refractivity (Wildman–Crippen MR) is 65.6 cm³/mol. The second-order valence-corrected chi connectivity index (χ2v) is 6.24. The van der Waals surface area contributed by atoms with Crippen LogP contribution < -0.4 is 5.32 Å². The van der Waals surface area contributed by atoms with Gasteiger partial charge >= 0.3 is 12.1 Å². The maximum absolute atomic E-state index is 11.9. The predicted octanol–water partition coefficient (Wildman–Crippen LogP) is 2.90. The van der Waals surface area contributed by atoms with Gasteiger partial charge in [0.25, 0.3) is 0 Å². The Balaban J connectivity index is 2.32. The molecule has 0 amide bonds. The molecule has 2 atom stereocenters. The monoisotopic (exact) mass is 281 g/mol. The average molecular weight is 281 g/mol. The number of hydrogen-bond acceptors (Lipinski definition) is 3. The van der Waals surface area contributed by atoms with Crippen LogP contribution in [-0.2, 0) is 9.53 Å². The van der Waals surface area contributed by atoms with E-state index in [0.29, 0.717) is 5.92 Å². The van der Waals surface area contributed by atoms with Gasteiger partial charge in [-0.3, -0.25) is 10.1 Å². The van der Waals surface area contributed by atoms with Crippen molar-refractivity contribution in [2.75, 3.05) is 13.1 Å². The van der Waals surface area contributed by atoms with Crippen LogP contribution in [0.15, 0.2) is 0 Å². The molecule has 1 saturated carbocycles. The largest absolute Gasteiger partial charge is 0.461 e. The standard InChI is InChI=1S/C13H22F3NO2/c1-9-4-10(6-12(2,3)5-9)19-11(18)7-17-8-13(14,15)16/h9-10,17H,4-8H2,1-3H3. The van der Waals surface area contributed by atoms with Gasteiger partial charge in [-0.15, -0.1) is 0 Å². The molecule has 3 nitrogen and oxygen atoms in total. The van der Waals surface area contributed by atoms with Gasteiger partial charge in [0.1, 0.15) is 6.10 Å². The van der Waals surface area contributed by atoms with E-state index in [4.69, 9.17) is 4.74 Å². The number of halogens is 3. The smallest absolute Gasteiger partial charge is 0.401 e. The summed E-state index contributed by atoms with van der Waals surface area (Å²) in [6.45, 7) is 4.76. The molecule has 19 heavy (non-hydrogen) atoms. The van der Waals surface area contributed by atoms with Crippen molar-refractivity contribution in [2.45, 2.75) is 52.3 Å². The molecule has 2 unspecified atom stereocenters. The van der Waals surface area contributed by atoms with E-state index in [-0.39, 0.29) is 11.5 Å². The van der Waals surface area contributed by atoms with Gasteiger partial charge in [-0.05, 0) is 30.6 Å². The van der Waals surface area contributed by atoms with Gasteiger partial charge in [-0.2, -0.15) is 13.2 Å². The van der Waals surface area contributed by atoms with Crippen LogP contribution in [0.5, 0.6) is 0 Å². The minimum absolute atomic E-state index is 0.113. The molecule has 0 bridgehead atoms. The van der Waals surface area contributed by atoms with Crippen molar-refractivity contribution in [3.63, 3.8) is 0 Å². The second-order valence-electron chi connectivity index (χ2n) is 6.24. The fraction of sp³-hybridized carbons (Fsp3) is 0.923. The Morgan fingerprint density at radius 3 is 2.53 bits per heavy atom. The first-order chi connectivity index (χ1) is 8.57. The summed E-state index contributed by atoms with van der Waals surface area (Å²) in [4.78, 5) is 11.5. The summed E-state index contributed by atoms with van der Waals surface area (Å²) in [7, 11) is 0. The Bertz CT molecular complexity index is 316. The third kappa shape index (κ3) is 6.80. The summed E-state index contributed by atoms with van der Waals surface area (Å²) in [6.07, 6.45) is -1.86. The van der Waals surface area contributed by atoms with Crippen molar-refractivity contribution in [3.05, 3.63) is 0 Å². The fourth-order valence-corrected chi connectivity index (χ4v) is 2.88. The van der Waals surface area contributed by atoms with Gasteiger partial charge in [-0.25, -0.2) is 0 Å². The van der Waals surface area contributed by atoms with Crippen molar-refractivity contribution < 1.29 is 22.7 Å². The normalized spacial score (nSPS) is 27.1. The van der Waals surface area contributed by atoms with E-state index >= 15 is 0 Å². The van der Waals surface area contributed by atoms with Crippen molar-refractivity contribution >= 4 is 5.97 Å². The molecule has 0 aromatic rings. The van der Waals surface area contributed by atoms with Crippen molar-refractivity contribution in [3.8, 4) is 0 Å². The first kappa shape index (κ1) is 16.3. The third-order valence-electron chi connectivity index (χ3n) is 3.24. The van der Waals surface area contributed by atoms with Crippen LogP contribution in [0.25, 0.3) is 0 Å². The molecule has 1 rings (SSSR count). The highest BCUT2D eigenvalue weighted by Crippen LogP contribution is 2.39. The van der Waals surface area contributed by atoms with Gasteiger partial charge in [0.15, 0.2) is 0 Å². The van der Waals surface area contributed by atoms with E-state index in [2.05, 4.69) is 20.8 Å². The van der Waals surface area contributed by atoms with Crippen LogP contribution in [0.1, 0.15) is 40.0 Å². The molecule has 0 spiro atoms. The van der Waals surface area contributed by atoms with Gasteiger partial charge in [-0.1, -0.05) is 20.8 Å². The quantitative estimate of drug-likeness (QED) is 0.805. The molecule has 1 fully saturated rings. The van der Waals surface area contributed by atoms with E-state index in [1.54, 1.807) is 0 Å². The minimum Gasteiger partial charge on any atom is -0.461 e. The molecule has 0 aromatic heterocycles. The number of esters is 1. The lowest BCUT2D eigenvalue weighted by molar-refractivity contribution is -0.153. The SMILES string of the molecule is CC1CC(OC(=O)CNCC(F)(F)F)CC(C)(C)C1. The van der Waals surface area contributed by atoms with Crippen LogP contribution in [-0.4, -0.2) is 31.3 Å². The highest BCUT2D eigenvalue weighted by atomic mass is 19.4. The Morgan fingerprint density at radius 1 is 1.37 bits per heavy atom. The number of carbonyl (C=O) groups excluding carboxylic acids is 1. The summed E-state index contributed by atoms with van der Waals surface area (Å²) in [5, 5.41) is 2.05. The van der Waals surface area contributed by atoms with Crippen molar-refractivity contribution in [1.29, 1.82) is 0 Å². The molecule has 1 aliphatic carbocycles. The van der Waals surface area contributed by atoms with Gasteiger partial charge in [0, 0.05) is 0 Å². The fourth-order valence-electron chi connectivity index (χ4n) is 2.88. The molecular weight excluding hydrogens is 259 g/mol. The minimum atomic E-state index is -4.30. The number of carbonyl (C=O) groups is 1. The highest BCUT2D eigenvalue weighted by molar-refractivity contribution is 5.71. The van der Waals surface area contributed by atoms with Crippen LogP contribution in [0.4, 0.5) is 13.2 Å². The topological polar surface area (TPSA) is 38.3 Å². The Morgan fingerprint density at radius 2 is 2.00 bits per heavy atom. The lowest BCUT2D eigenvalue weighted by Gasteiger charge is -2.38. The highest BCUT2D eigenvalue weighted by Gasteiger charge is 2.34. The second kappa shape index (κ2) is 6.11. The molecule has 0 aliphatic heterocycles. The molecule has 1 aliphatic rings. The Kier molecular flexibility index (Phi) is 5.24. The maximum Gasteiger partial charge on any atom is 0.401 e. The molecule has 0 heterocycles. The number of rotatable bonds is 4. The van der Waals surface area contributed by atoms with Crippen LogP contribution in [0.2, 0.25) is 0 Å². The molecular formula is C13H22F3NO2. The molecule has 0 aromatic carbocycles. The number of alkyl halides is 3. The molecule has 1 N–H and O–H groups in total. The van der Waals surface area contributed by atoms with Crippen LogP contribution >= 0.6 is 0 Å². The Labute approximate surface area is 111 Å². The van der Waals surface area contributed by atoms with Crippen LogP contribution in [0, 0.1) is 11.3 Å². The van der Waals surface area contributed by atoms with Crippen LogP contribution in [0.3, 0.4) is 0 Å². The third-order valence-corrected chi connectivity index (χ3v) is 3.24. The van der Waals surface area contributed by atoms with E-state index in [9.17, 15) is 18.0 Å². The summed E-state index contributed by atoms with van der Waals surface area (Å²) in [6, 6.07) is 0. The van der Waals surface area contributed by atoms with E-state index in [0.717, 1.165) is 19.3 Å². The summed E-state index contributed by atoms with van der Waals surface area (Å²) >= 11 is 0. The molecule has 0 radical (unpaired) electrons. The number of hydrogen-bond donors (Lipinski definition) is 1. The average Bonchev–Trinajstić information content (AvgIpc) is 2.10. The Hall–Kier alpha value is -0.780. The van der Waals surface area contributed by atoms with E-state index < -0.39 is 25.2 Å². The van der Waals surface area contributed by atoms with Gasteiger partial charge < -0.3 is 4.74 Å². The summed E-state index contributed by atoms with van der Waals surface area (Å²) in [5.74, 6) is -0.149. The zero-order valence-corrected chi connectivity index (χ0v) is 11.6. The van der Waals surface area contributed by atoms with Crippen molar-refractivity contribution in [2.24, 2.45) is 11.3 Å². The summed E-state index contributed by atoms with van der Waals surface area (Å²) in [5.41, 5.74) is 0.113. The molecule has 0 saturated heterocycles. The van der Waals surface area contributed by atoms with E-state index in [1.807, 2.05) is 5.32 Å². The summed E-state index contributed by atoms with van der Waals surface area (Å²) < 4.78 is 41.0. The van der Waals surface area contributed by atoms with Crippen molar-refractivity contribution in [1.82, 2.24) is 5.32 Å². The van der Waals surface area contributed by atoms with E-state index in [1.165, 1.54) is 0 Å².